The zero-order chi connectivity index (χ0) is 15.3. The zero-order valence-corrected chi connectivity index (χ0v) is 13.8. The SMILES string of the molecule is Cn1c(=O)c2ccc(Br)cc2n2nc(C3CCCCO3)cc12. The van der Waals surface area contributed by atoms with Crippen LogP contribution in [0.2, 0.25) is 0 Å². The lowest BCUT2D eigenvalue weighted by Gasteiger charge is -2.20. The van der Waals surface area contributed by atoms with Crippen molar-refractivity contribution >= 4 is 32.5 Å². The van der Waals surface area contributed by atoms with E-state index in [1.807, 2.05) is 28.8 Å². The molecular weight excluding hydrogens is 346 g/mol. The van der Waals surface area contributed by atoms with Gasteiger partial charge in [0.25, 0.3) is 5.56 Å². The maximum Gasteiger partial charge on any atom is 0.261 e. The number of fused-ring (bicyclic) bond motifs is 3. The molecule has 0 aliphatic carbocycles. The topological polar surface area (TPSA) is 48.5 Å². The Labute approximate surface area is 135 Å². The van der Waals surface area contributed by atoms with Gasteiger partial charge in [0.05, 0.1) is 16.6 Å². The lowest BCUT2D eigenvalue weighted by molar-refractivity contribution is 0.0122. The van der Waals surface area contributed by atoms with E-state index in [0.717, 1.165) is 47.2 Å². The van der Waals surface area contributed by atoms with E-state index in [4.69, 9.17) is 9.84 Å². The van der Waals surface area contributed by atoms with Crippen LogP contribution in [0, 0.1) is 0 Å². The van der Waals surface area contributed by atoms with Crippen LogP contribution in [0.25, 0.3) is 16.6 Å². The standard InChI is InChI=1S/C16H16BrN3O2/c1-19-15-9-12(14-4-2-3-7-22-14)18-20(15)13-8-10(17)5-6-11(13)16(19)21/h5-6,8-9,14H,2-4,7H2,1H3. The van der Waals surface area contributed by atoms with Crippen molar-refractivity contribution < 1.29 is 4.74 Å². The Morgan fingerprint density at radius 3 is 2.95 bits per heavy atom. The zero-order valence-electron chi connectivity index (χ0n) is 12.3. The summed E-state index contributed by atoms with van der Waals surface area (Å²) in [6, 6.07) is 7.61. The van der Waals surface area contributed by atoms with Gasteiger partial charge in [0, 0.05) is 24.2 Å². The van der Waals surface area contributed by atoms with Crippen LogP contribution >= 0.6 is 15.9 Å². The van der Waals surface area contributed by atoms with Gasteiger partial charge in [-0.25, -0.2) is 4.52 Å². The Bertz CT molecular complexity index is 922. The number of nitrogens with zero attached hydrogens (tertiary/aromatic N) is 3. The van der Waals surface area contributed by atoms with Gasteiger partial charge in [-0.05, 0) is 37.5 Å². The van der Waals surface area contributed by atoms with Crippen LogP contribution in [0.15, 0.2) is 33.5 Å². The molecule has 1 aromatic carbocycles. The molecule has 1 atom stereocenters. The van der Waals surface area contributed by atoms with Gasteiger partial charge < -0.3 is 4.74 Å². The summed E-state index contributed by atoms with van der Waals surface area (Å²) in [7, 11) is 1.78. The normalized spacial score (nSPS) is 19.1. The first-order valence-electron chi connectivity index (χ1n) is 7.45. The molecule has 1 fully saturated rings. The molecule has 0 N–H and O–H groups in total. The average molecular weight is 362 g/mol. The number of hydrogen-bond acceptors (Lipinski definition) is 3. The Hall–Kier alpha value is -1.66. The molecule has 5 nitrogen and oxygen atoms in total. The van der Waals surface area contributed by atoms with Crippen LogP contribution in [-0.2, 0) is 11.8 Å². The highest BCUT2D eigenvalue weighted by atomic mass is 79.9. The number of ether oxygens (including phenoxy) is 1. The van der Waals surface area contributed by atoms with Gasteiger partial charge in [0.2, 0.25) is 0 Å². The number of aromatic nitrogens is 3. The number of halogens is 1. The Balaban J connectivity index is 2.01. The molecule has 1 aliphatic heterocycles. The number of benzene rings is 1. The summed E-state index contributed by atoms with van der Waals surface area (Å²) in [6.45, 7) is 0.782. The molecule has 1 saturated heterocycles. The quantitative estimate of drug-likeness (QED) is 0.668. The van der Waals surface area contributed by atoms with Gasteiger partial charge in [-0.1, -0.05) is 15.9 Å². The minimum Gasteiger partial charge on any atom is -0.372 e. The molecule has 0 saturated carbocycles. The molecule has 0 radical (unpaired) electrons. The van der Waals surface area contributed by atoms with Crippen LogP contribution in [0.1, 0.15) is 31.1 Å². The molecule has 1 unspecified atom stereocenters. The minimum atomic E-state index is -0.00832. The second kappa shape index (κ2) is 5.21. The van der Waals surface area contributed by atoms with Gasteiger partial charge in [0.1, 0.15) is 11.8 Å². The molecule has 1 aliphatic rings. The summed E-state index contributed by atoms with van der Waals surface area (Å²) in [6.07, 6.45) is 3.28. The van der Waals surface area contributed by atoms with E-state index in [1.54, 1.807) is 11.6 Å². The van der Waals surface area contributed by atoms with E-state index >= 15 is 0 Å². The molecule has 22 heavy (non-hydrogen) atoms. The lowest BCUT2D eigenvalue weighted by atomic mass is 10.1. The maximum atomic E-state index is 12.5. The average Bonchev–Trinajstić information content (AvgIpc) is 2.99. The molecule has 6 heteroatoms. The van der Waals surface area contributed by atoms with Crippen LogP contribution in [0.5, 0.6) is 0 Å². The summed E-state index contributed by atoms with van der Waals surface area (Å²) in [5, 5.41) is 5.38. The third-order valence-corrected chi connectivity index (χ3v) is 4.78. The van der Waals surface area contributed by atoms with Gasteiger partial charge >= 0.3 is 0 Å². The molecule has 4 rings (SSSR count). The lowest BCUT2D eigenvalue weighted by Crippen LogP contribution is -2.19. The van der Waals surface area contributed by atoms with E-state index < -0.39 is 0 Å². The number of rotatable bonds is 1. The highest BCUT2D eigenvalue weighted by Crippen LogP contribution is 2.28. The molecule has 3 heterocycles. The predicted molar refractivity (Wildman–Crippen MR) is 88.2 cm³/mol. The van der Waals surface area contributed by atoms with E-state index in [2.05, 4.69) is 15.9 Å². The van der Waals surface area contributed by atoms with Gasteiger partial charge in [-0.3, -0.25) is 9.36 Å². The van der Waals surface area contributed by atoms with Crippen molar-refractivity contribution in [2.24, 2.45) is 7.05 Å². The first-order chi connectivity index (χ1) is 10.6. The molecule has 2 aromatic heterocycles. The summed E-state index contributed by atoms with van der Waals surface area (Å²) in [5.41, 5.74) is 2.50. The van der Waals surface area contributed by atoms with E-state index in [1.165, 1.54) is 0 Å². The van der Waals surface area contributed by atoms with Gasteiger partial charge in [0.15, 0.2) is 0 Å². The molecular formula is C16H16BrN3O2. The van der Waals surface area contributed by atoms with Crippen molar-refractivity contribution in [1.82, 2.24) is 14.2 Å². The number of aryl methyl sites for hydroxylation is 1. The van der Waals surface area contributed by atoms with Crippen molar-refractivity contribution in [3.05, 3.63) is 44.8 Å². The molecule has 0 bridgehead atoms. The predicted octanol–water partition coefficient (Wildman–Crippen LogP) is 3.19. The van der Waals surface area contributed by atoms with E-state index in [9.17, 15) is 4.79 Å². The second-order valence-electron chi connectivity index (χ2n) is 5.72. The minimum absolute atomic E-state index is 0.00832. The van der Waals surface area contributed by atoms with Crippen molar-refractivity contribution in [3.63, 3.8) is 0 Å². The summed E-state index contributed by atoms with van der Waals surface area (Å²) in [5.74, 6) is 0. The number of hydrogen-bond donors (Lipinski definition) is 0. The van der Waals surface area contributed by atoms with Crippen molar-refractivity contribution in [2.45, 2.75) is 25.4 Å². The monoisotopic (exact) mass is 361 g/mol. The highest BCUT2D eigenvalue weighted by Gasteiger charge is 2.21. The smallest absolute Gasteiger partial charge is 0.261 e. The second-order valence-corrected chi connectivity index (χ2v) is 6.64. The molecule has 0 spiro atoms. The Morgan fingerprint density at radius 1 is 1.32 bits per heavy atom. The molecule has 114 valence electrons. The van der Waals surface area contributed by atoms with Crippen LogP contribution in [0.4, 0.5) is 0 Å². The fraction of sp³-hybridized carbons (Fsp3) is 0.375. The van der Waals surface area contributed by atoms with Crippen molar-refractivity contribution in [1.29, 1.82) is 0 Å². The van der Waals surface area contributed by atoms with Crippen LogP contribution in [0.3, 0.4) is 0 Å². The highest BCUT2D eigenvalue weighted by molar-refractivity contribution is 9.10. The fourth-order valence-electron chi connectivity index (χ4n) is 3.08. The van der Waals surface area contributed by atoms with Crippen LogP contribution < -0.4 is 5.56 Å². The Kier molecular flexibility index (Phi) is 3.31. The fourth-order valence-corrected chi connectivity index (χ4v) is 3.43. The van der Waals surface area contributed by atoms with Gasteiger partial charge in [-0.15, -0.1) is 0 Å². The third-order valence-electron chi connectivity index (χ3n) is 4.29. The molecule has 0 amide bonds. The summed E-state index contributed by atoms with van der Waals surface area (Å²) >= 11 is 3.47. The van der Waals surface area contributed by atoms with Crippen molar-refractivity contribution in [3.8, 4) is 0 Å². The Morgan fingerprint density at radius 2 is 2.18 bits per heavy atom. The summed E-state index contributed by atoms with van der Waals surface area (Å²) < 4.78 is 10.2. The maximum absolute atomic E-state index is 12.5. The third kappa shape index (κ3) is 2.09. The largest absolute Gasteiger partial charge is 0.372 e. The molecule has 3 aromatic rings. The van der Waals surface area contributed by atoms with Crippen LogP contribution in [-0.4, -0.2) is 20.8 Å². The van der Waals surface area contributed by atoms with E-state index in [0.29, 0.717) is 5.39 Å². The first-order valence-corrected chi connectivity index (χ1v) is 8.24. The van der Waals surface area contributed by atoms with Gasteiger partial charge in [-0.2, -0.15) is 5.10 Å². The van der Waals surface area contributed by atoms with Crippen molar-refractivity contribution in [2.75, 3.05) is 6.61 Å². The summed E-state index contributed by atoms with van der Waals surface area (Å²) in [4.78, 5) is 12.5. The van der Waals surface area contributed by atoms with E-state index in [-0.39, 0.29) is 11.7 Å². The first kappa shape index (κ1) is 14.0.